The van der Waals surface area contributed by atoms with Crippen LogP contribution in [0.2, 0.25) is 0 Å². The highest BCUT2D eigenvalue weighted by Crippen LogP contribution is 2.48. The van der Waals surface area contributed by atoms with E-state index in [-0.39, 0.29) is 41.5 Å². The Labute approximate surface area is 301 Å². The summed E-state index contributed by atoms with van der Waals surface area (Å²) in [5, 5.41) is 19.0. The molecular weight excluding hydrogens is 663 g/mol. The summed E-state index contributed by atoms with van der Waals surface area (Å²) in [6.07, 6.45) is 3.53. The van der Waals surface area contributed by atoms with Crippen LogP contribution in [0.25, 0.3) is 11.1 Å². The van der Waals surface area contributed by atoms with E-state index in [1.54, 1.807) is 6.92 Å². The van der Waals surface area contributed by atoms with Gasteiger partial charge in [0.05, 0.1) is 34.0 Å². The van der Waals surface area contributed by atoms with Crippen LogP contribution < -0.4 is 15.5 Å². The molecule has 0 radical (unpaired) electrons. The lowest BCUT2D eigenvalue weighted by Crippen LogP contribution is -2.38. The molecule has 0 bridgehead atoms. The van der Waals surface area contributed by atoms with Crippen molar-refractivity contribution in [3.05, 3.63) is 94.1 Å². The predicted molar refractivity (Wildman–Crippen MR) is 194 cm³/mol. The van der Waals surface area contributed by atoms with E-state index in [0.29, 0.717) is 19.5 Å². The SMILES string of the molecule is Cc1ccc(-c2c(C)noc2C)cc1N(CCCCNc1cc2c(cc1F)C(=O)N(C(C)CCC(=O)NC=O)C2=O)c1ccc(C2(C#N)CC2)cc1. The molecular formula is C40H41FN6O5. The second-order valence-electron chi connectivity index (χ2n) is 13.7. The summed E-state index contributed by atoms with van der Waals surface area (Å²) in [7, 11) is 0. The van der Waals surface area contributed by atoms with Crippen molar-refractivity contribution in [3.8, 4) is 17.2 Å². The highest BCUT2D eigenvalue weighted by molar-refractivity contribution is 6.22. The first-order valence-corrected chi connectivity index (χ1v) is 17.5. The lowest BCUT2D eigenvalue weighted by molar-refractivity contribution is -0.125. The van der Waals surface area contributed by atoms with Gasteiger partial charge in [0.25, 0.3) is 11.8 Å². The van der Waals surface area contributed by atoms with E-state index in [1.807, 2.05) is 31.3 Å². The van der Waals surface area contributed by atoms with E-state index in [9.17, 15) is 24.4 Å². The molecule has 11 nitrogen and oxygen atoms in total. The van der Waals surface area contributed by atoms with Gasteiger partial charge in [-0.1, -0.05) is 29.4 Å². The Balaban J connectivity index is 1.15. The molecule has 0 spiro atoms. The molecule has 1 atom stereocenters. The topological polar surface area (TPSA) is 149 Å². The average Bonchev–Trinajstić information content (AvgIpc) is 3.81. The largest absolute Gasteiger partial charge is 0.383 e. The van der Waals surface area contributed by atoms with Gasteiger partial charge in [0, 0.05) is 42.5 Å². The van der Waals surface area contributed by atoms with Crippen LogP contribution >= 0.6 is 0 Å². The van der Waals surface area contributed by atoms with Crippen LogP contribution in [-0.2, 0) is 15.0 Å². The third-order valence-corrected chi connectivity index (χ3v) is 10.1. The lowest BCUT2D eigenvalue weighted by Gasteiger charge is -2.28. The van der Waals surface area contributed by atoms with Gasteiger partial charge < -0.3 is 14.7 Å². The molecule has 1 aromatic heterocycles. The summed E-state index contributed by atoms with van der Waals surface area (Å²) in [4.78, 5) is 51.8. The van der Waals surface area contributed by atoms with Crippen LogP contribution in [0, 0.1) is 37.9 Å². The van der Waals surface area contributed by atoms with Crippen LogP contribution in [0.15, 0.2) is 59.1 Å². The van der Waals surface area contributed by atoms with Crippen LogP contribution in [0.5, 0.6) is 0 Å². The first kappa shape index (κ1) is 36.0. The Bertz CT molecular complexity index is 2060. The van der Waals surface area contributed by atoms with E-state index >= 15 is 4.39 Å². The zero-order chi connectivity index (χ0) is 37.2. The standard InChI is InChI=1S/C40H41FN6O5/c1-24-7-9-28(37-26(3)45-52-27(37)4)19-35(24)46(30-12-10-29(11-13-30)40(22-42)15-16-40)18-6-5-17-43-34-21-32-31(20-33(34)41)38(50)47(39(32)51)25(2)8-14-36(49)44-23-48/h7,9-13,19-21,23,25,43H,5-6,8,14-18H2,1-4H3,(H,44,48,49). The molecule has 1 aliphatic carbocycles. The second-order valence-corrected chi connectivity index (χ2v) is 13.7. The maximum Gasteiger partial charge on any atom is 0.261 e. The Kier molecular flexibility index (Phi) is 10.2. The van der Waals surface area contributed by atoms with Gasteiger partial charge in [-0.2, -0.15) is 5.26 Å². The molecule has 4 amide bonds. The minimum absolute atomic E-state index is 0.0181. The Morgan fingerprint density at radius 2 is 1.79 bits per heavy atom. The van der Waals surface area contributed by atoms with Crippen LogP contribution in [0.3, 0.4) is 0 Å². The van der Waals surface area contributed by atoms with Crippen molar-refractivity contribution < 1.29 is 28.1 Å². The molecule has 2 heterocycles. The molecule has 268 valence electrons. The number of aryl methyl sites for hydroxylation is 3. The Morgan fingerprint density at radius 1 is 1.08 bits per heavy atom. The third-order valence-electron chi connectivity index (χ3n) is 10.1. The molecule has 2 N–H and O–H groups in total. The van der Waals surface area contributed by atoms with Crippen molar-refractivity contribution in [1.29, 1.82) is 5.26 Å². The number of carbonyl (C=O) groups is 4. The van der Waals surface area contributed by atoms with Gasteiger partial charge in [0.2, 0.25) is 12.3 Å². The quantitative estimate of drug-likeness (QED) is 0.0756. The zero-order valence-electron chi connectivity index (χ0n) is 29.7. The van der Waals surface area contributed by atoms with Gasteiger partial charge in [-0.05, 0) is 107 Å². The van der Waals surface area contributed by atoms with Crippen LogP contribution in [-0.4, -0.2) is 53.3 Å². The number of aromatic nitrogens is 1. The first-order chi connectivity index (χ1) is 25.0. The third kappa shape index (κ3) is 7.04. The molecule has 2 aliphatic rings. The summed E-state index contributed by atoms with van der Waals surface area (Å²) in [5.74, 6) is -1.58. The summed E-state index contributed by atoms with van der Waals surface area (Å²) in [6.45, 7) is 8.59. The normalized spacial score (nSPS) is 14.8. The molecule has 52 heavy (non-hydrogen) atoms. The zero-order valence-corrected chi connectivity index (χ0v) is 29.7. The number of fused-ring (bicyclic) bond motifs is 1. The van der Waals surface area contributed by atoms with Crippen molar-refractivity contribution in [3.63, 3.8) is 0 Å². The number of nitrogens with zero attached hydrogens (tertiary/aromatic N) is 4. The molecule has 1 aliphatic heterocycles. The highest BCUT2D eigenvalue weighted by atomic mass is 19.1. The van der Waals surface area contributed by atoms with Gasteiger partial charge in [-0.3, -0.25) is 29.4 Å². The molecule has 1 fully saturated rings. The fourth-order valence-corrected chi connectivity index (χ4v) is 6.93. The number of unbranched alkanes of at least 4 members (excludes halogenated alkanes) is 1. The average molecular weight is 705 g/mol. The number of nitrogens with one attached hydrogen (secondary N) is 2. The number of imide groups is 2. The van der Waals surface area contributed by atoms with E-state index in [0.717, 1.165) is 75.3 Å². The minimum atomic E-state index is -0.640. The summed E-state index contributed by atoms with van der Waals surface area (Å²) in [6, 6.07) is 18.8. The van der Waals surface area contributed by atoms with Crippen molar-refractivity contribution in [2.24, 2.45) is 0 Å². The lowest BCUT2D eigenvalue weighted by atomic mass is 9.97. The number of anilines is 3. The summed E-state index contributed by atoms with van der Waals surface area (Å²) < 4.78 is 20.7. The molecule has 4 aromatic rings. The van der Waals surface area contributed by atoms with Crippen molar-refractivity contribution >= 4 is 41.2 Å². The molecule has 3 aromatic carbocycles. The monoisotopic (exact) mass is 704 g/mol. The molecule has 0 saturated heterocycles. The predicted octanol–water partition coefficient (Wildman–Crippen LogP) is 7.03. The minimum Gasteiger partial charge on any atom is -0.383 e. The van der Waals surface area contributed by atoms with E-state index < -0.39 is 29.6 Å². The summed E-state index contributed by atoms with van der Waals surface area (Å²) >= 11 is 0. The molecule has 1 unspecified atom stereocenters. The number of carbonyl (C=O) groups excluding carboxylic acids is 4. The van der Waals surface area contributed by atoms with Crippen molar-refractivity contribution in [2.45, 2.75) is 77.7 Å². The Hall–Kier alpha value is -5.83. The number of amides is 4. The smallest absolute Gasteiger partial charge is 0.261 e. The van der Waals surface area contributed by atoms with Crippen LogP contribution in [0.4, 0.5) is 21.5 Å². The highest BCUT2D eigenvalue weighted by Gasteiger charge is 2.45. The number of nitriles is 1. The summed E-state index contributed by atoms with van der Waals surface area (Å²) in [5.41, 5.74) is 6.72. The fourth-order valence-electron chi connectivity index (χ4n) is 6.93. The number of hydrogen-bond acceptors (Lipinski definition) is 9. The first-order valence-electron chi connectivity index (χ1n) is 17.5. The van der Waals surface area contributed by atoms with Gasteiger partial charge >= 0.3 is 0 Å². The maximum absolute atomic E-state index is 15.2. The maximum atomic E-state index is 15.2. The molecule has 1 saturated carbocycles. The van der Waals surface area contributed by atoms with Gasteiger partial charge in [0.1, 0.15) is 11.6 Å². The van der Waals surface area contributed by atoms with Crippen molar-refractivity contribution in [2.75, 3.05) is 23.3 Å². The van der Waals surface area contributed by atoms with Gasteiger partial charge in [-0.25, -0.2) is 4.39 Å². The van der Waals surface area contributed by atoms with Gasteiger partial charge in [-0.15, -0.1) is 0 Å². The van der Waals surface area contributed by atoms with Gasteiger partial charge in [0.15, 0.2) is 0 Å². The number of benzene rings is 3. The van der Waals surface area contributed by atoms with Crippen molar-refractivity contribution in [1.82, 2.24) is 15.4 Å². The van der Waals surface area contributed by atoms with E-state index in [2.05, 4.69) is 58.7 Å². The molecule has 12 heteroatoms. The fraction of sp³-hybridized carbons (Fsp3) is 0.350. The van der Waals surface area contributed by atoms with E-state index in [4.69, 9.17) is 4.52 Å². The number of halogens is 1. The van der Waals surface area contributed by atoms with E-state index in [1.165, 1.54) is 6.07 Å². The number of hydrogen-bond donors (Lipinski definition) is 2. The van der Waals surface area contributed by atoms with Crippen LogP contribution in [0.1, 0.15) is 88.7 Å². The molecule has 6 rings (SSSR count). The Morgan fingerprint density at radius 3 is 2.42 bits per heavy atom. The second kappa shape index (κ2) is 14.8. The number of rotatable bonds is 15.